The van der Waals surface area contributed by atoms with Crippen molar-refractivity contribution in [2.24, 2.45) is 0 Å². The quantitative estimate of drug-likeness (QED) is 0.551. The number of methoxy groups -OCH3 is 1. The largest absolute Gasteiger partial charge is 0.495 e. The van der Waals surface area contributed by atoms with Crippen LogP contribution in [0, 0.1) is 0 Å². The third kappa shape index (κ3) is 6.88. The van der Waals surface area contributed by atoms with Gasteiger partial charge in [0.2, 0.25) is 10.0 Å². The molecule has 0 bridgehead atoms. The zero-order valence-electron chi connectivity index (χ0n) is 19.9. The average molecular weight is 540 g/mol. The number of hydrogen-bond donors (Lipinski definition) is 2. The Morgan fingerprint density at radius 1 is 0.889 bits per heavy atom. The van der Waals surface area contributed by atoms with Crippen LogP contribution in [0.3, 0.4) is 0 Å². The zero-order chi connectivity index (χ0) is 26.3. The van der Waals surface area contributed by atoms with Crippen LogP contribution in [0.5, 0.6) is 5.75 Å². The van der Waals surface area contributed by atoms with Crippen LogP contribution >= 0.6 is 11.6 Å². The third-order valence-corrected chi connectivity index (χ3v) is 8.48. The van der Waals surface area contributed by atoms with Gasteiger partial charge in [0.15, 0.2) is 0 Å². The molecule has 0 amide bonds. The Morgan fingerprint density at radius 3 is 1.97 bits per heavy atom. The molecule has 0 unspecified atom stereocenters. The van der Waals surface area contributed by atoms with Gasteiger partial charge in [0.05, 0.1) is 17.7 Å². The Bertz CT molecular complexity index is 1130. The van der Waals surface area contributed by atoms with Crippen LogP contribution in [0.25, 0.3) is 0 Å². The number of benzene rings is 2. The first-order valence-corrected chi connectivity index (χ1v) is 13.3. The van der Waals surface area contributed by atoms with Gasteiger partial charge in [-0.1, -0.05) is 23.7 Å². The van der Waals surface area contributed by atoms with Crippen LogP contribution in [0.1, 0.15) is 12.8 Å². The Morgan fingerprint density at radius 2 is 1.44 bits per heavy atom. The molecule has 10 nitrogen and oxygen atoms in total. The number of carbonyl (C=O) groups is 2. The minimum Gasteiger partial charge on any atom is -0.495 e. The second-order valence-corrected chi connectivity index (χ2v) is 10.8. The van der Waals surface area contributed by atoms with E-state index in [4.69, 9.17) is 36.1 Å². The highest BCUT2D eigenvalue weighted by Crippen LogP contribution is 2.30. The van der Waals surface area contributed by atoms with E-state index in [9.17, 15) is 8.42 Å². The van der Waals surface area contributed by atoms with Crippen LogP contribution in [0.2, 0.25) is 5.02 Å². The van der Waals surface area contributed by atoms with Gasteiger partial charge in [-0.05, 0) is 49.2 Å². The van der Waals surface area contributed by atoms with Gasteiger partial charge in [-0.25, -0.2) is 18.0 Å². The van der Waals surface area contributed by atoms with Gasteiger partial charge in [-0.2, -0.15) is 4.31 Å². The number of anilines is 1. The maximum atomic E-state index is 12.9. The molecule has 2 fully saturated rings. The number of para-hydroxylation sites is 2. The summed E-state index contributed by atoms with van der Waals surface area (Å²) in [6, 6.07) is 15.0. The summed E-state index contributed by atoms with van der Waals surface area (Å²) in [5.74, 6) is -2.74. The van der Waals surface area contributed by atoms with E-state index in [2.05, 4.69) is 15.9 Å². The standard InChI is InChI=1S/C22H28ClN3O3S.C2H2O4/c1-29-22-5-3-2-4-21(22)25-16-14-24(15-17-25)19-10-12-26(13-11-19)30(27,28)20-8-6-18(23)7-9-20;3-1(4)2(5)6/h2-9,19H,10-17H2,1H3;(H,3,4)(H,5,6). The summed E-state index contributed by atoms with van der Waals surface area (Å²) in [5.41, 5.74) is 1.14. The maximum Gasteiger partial charge on any atom is 0.414 e. The number of hydrogen-bond acceptors (Lipinski definition) is 7. The molecule has 36 heavy (non-hydrogen) atoms. The van der Waals surface area contributed by atoms with Crippen molar-refractivity contribution >= 4 is 39.3 Å². The molecule has 2 saturated heterocycles. The molecule has 196 valence electrons. The summed E-state index contributed by atoms with van der Waals surface area (Å²) < 4.78 is 32.9. The summed E-state index contributed by atoms with van der Waals surface area (Å²) in [7, 11) is -1.74. The lowest BCUT2D eigenvalue weighted by molar-refractivity contribution is -0.159. The number of aliphatic carboxylic acids is 2. The van der Waals surface area contributed by atoms with E-state index < -0.39 is 22.0 Å². The summed E-state index contributed by atoms with van der Waals surface area (Å²) in [4.78, 5) is 23.4. The molecule has 0 radical (unpaired) electrons. The highest BCUT2D eigenvalue weighted by Gasteiger charge is 2.33. The van der Waals surface area contributed by atoms with Crippen LogP contribution in [-0.2, 0) is 19.6 Å². The van der Waals surface area contributed by atoms with Gasteiger partial charge in [0.1, 0.15) is 5.75 Å². The molecule has 0 saturated carbocycles. The smallest absolute Gasteiger partial charge is 0.414 e. The topological polar surface area (TPSA) is 128 Å². The fraction of sp³-hybridized carbons (Fsp3) is 0.417. The fourth-order valence-electron chi connectivity index (χ4n) is 4.42. The number of carboxylic acids is 2. The van der Waals surface area contributed by atoms with Crippen molar-refractivity contribution in [3.63, 3.8) is 0 Å². The van der Waals surface area contributed by atoms with E-state index in [-0.39, 0.29) is 0 Å². The molecule has 0 spiro atoms. The molecule has 2 aliphatic heterocycles. The van der Waals surface area contributed by atoms with Crippen molar-refractivity contribution in [1.82, 2.24) is 9.21 Å². The Kier molecular flexibility index (Phi) is 9.55. The lowest BCUT2D eigenvalue weighted by Crippen LogP contribution is -2.53. The van der Waals surface area contributed by atoms with Crippen molar-refractivity contribution < 1.29 is 33.0 Å². The molecular formula is C24H30ClN3O7S. The van der Waals surface area contributed by atoms with E-state index in [1.165, 1.54) is 0 Å². The maximum absolute atomic E-state index is 12.9. The zero-order valence-corrected chi connectivity index (χ0v) is 21.5. The average Bonchev–Trinajstić information content (AvgIpc) is 2.89. The van der Waals surface area contributed by atoms with Crippen LogP contribution in [0.4, 0.5) is 5.69 Å². The summed E-state index contributed by atoms with van der Waals surface area (Å²) in [6.45, 7) is 4.97. The number of rotatable bonds is 5. The van der Waals surface area contributed by atoms with Crippen LogP contribution in [-0.4, -0.2) is 92.2 Å². The highest BCUT2D eigenvalue weighted by atomic mass is 35.5. The SMILES string of the molecule is COc1ccccc1N1CCN(C2CCN(S(=O)(=O)c3ccc(Cl)cc3)CC2)CC1.O=C(O)C(=O)O. The van der Waals surface area contributed by atoms with E-state index in [1.54, 1.807) is 35.7 Å². The van der Waals surface area contributed by atoms with Crippen molar-refractivity contribution in [1.29, 1.82) is 0 Å². The van der Waals surface area contributed by atoms with Gasteiger partial charge >= 0.3 is 11.9 Å². The predicted octanol–water partition coefficient (Wildman–Crippen LogP) is 2.48. The van der Waals surface area contributed by atoms with Crippen molar-refractivity contribution in [3.8, 4) is 5.75 Å². The number of nitrogens with zero attached hydrogens (tertiary/aromatic N) is 3. The lowest BCUT2D eigenvalue weighted by Gasteiger charge is -2.43. The molecular weight excluding hydrogens is 510 g/mol. The van der Waals surface area contributed by atoms with Gasteiger partial charge in [-0.3, -0.25) is 4.90 Å². The minimum atomic E-state index is -3.45. The van der Waals surface area contributed by atoms with Gasteiger partial charge < -0.3 is 19.8 Å². The van der Waals surface area contributed by atoms with Gasteiger partial charge in [0, 0.05) is 50.3 Å². The predicted molar refractivity (Wildman–Crippen MR) is 135 cm³/mol. The van der Waals surface area contributed by atoms with Crippen molar-refractivity contribution in [3.05, 3.63) is 53.6 Å². The minimum absolute atomic E-state index is 0.316. The molecule has 2 aromatic carbocycles. The normalized spacial score (nSPS) is 17.7. The summed E-state index contributed by atoms with van der Waals surface area (Å²) in [5, 5.41) is 15.3. The van der Waals surface area contributed by atoms with E-state index >= 15 is 0 Å². The molecule has 2 heterocycles. The van der Waals surface area contributed by atoms with Gasteiger partial charge in [0.25, 0.3) is 0 Å². The van der Waals surface area contributed by atoms with E-state index in [0.29, 0.717) is 29.0 Å². The third-order valence-electron chi connectivity index (χ3n) is 6.31. The highest BCUT2D eigenvalue weighted by molar-refractivity contribution is 7.89. The number of sulfonamides is 1. The van der Waals surface area contributed by atoms with E-state index in [1.807, 2.05) is 18.2 Å². The number of piperidine rings is 1. The molecule has 2 aliphatic rings. The van der Waals surface area contributed by atoms with Crippen LogP contribution in [0.15, 0.2) is 53.4 Å². The Balaban J connectivity index is 0.000000538. The first-order chi connectivity index (χ1) is 17.1. The monoisotopic (exact) mass is 539 g/mol. The fourth-order valence-corrected chi connectivity index (χ4v) is 6.02. The number of halogens is 1. The summed E-state index contributed by atoms with van der Waals surface area (Å²) >= 11 is 5.89. The first-order valence-electron chi connectivity index (χ1n) is 11.5. The molecule has 2 aromatic rings. The number of ether oxygens (including phenoxy) is 1. The Hall–Kier alpha value is -2.86. The molecule has 2 N–H and O–H groups in total. The van der Waals surface area contributed by atoms with Crippen molar-refractivity contribution in [2.45, 2.75) is 23.8 Å². The summed E-state index contributed by atoms with van der Waals surface area (Å²) in [6.07, 6.45) is 1.73. The lowest BCUT2D eigenvalue weighted by atomic mass is 10.0. The van der Waals surface area contributed by atoms with Gasteiger partial charge in [-0.15, -0.1) is 0 Å². The van der Waals surface area contributed by atoms with E-state index in [0.717, 1.165) is 50.5 Å². The Labute approximate surface area is 215 Å². The van der Waals surface area contributed by atoms with Crippen LogP contribution < -0.4 is 9.64 Å². The molecule has 12 heteroatoms. The second kappa shape index (κ2) is 12.4. The molecule has 0 aliphatic carbocycles. The first kappa shape index (κ1) is 27.7. The molecule has 4 rings (SSSR count). The second-order valence-electron chi connectivity index (χ2n) is 8.39. The molecule has 0 atom stereocenters. The molecule has 0 aromatic heterocycles. The number of piperazine rings is 1. The number of carboxylic acid groups (broad SMARTS) is 2. The van der Waals surface area contributed by atoms with Crippen molar-refractivity contribution in [2.75, 3.05) is 51.3 Å².